The number of anilines is 2. The van der Waals surface area contributed by atoms with Crippen molar-refractivity contribution >= 4 is 28.8 Å². The fourth-order valence-corrected chi connectivity index (χ4v) is 4.86. The molecule has 2 amide bonds. The first kappa shape index (κ1) is 25.2. The Morgan fingerprint density at radius 3 is 2.54 bits per heavy atom. The summed E-state index contributed by atoms with van der Waals surface area (Å²) in [6.07, 6.45) is 3.60. The number of aryl methyl sites for hydroxylation is 2. The molecule has 3 heterocycles. The second-order valence-electron chi connectivity index (χ2n) is 10.2. The third kappa shape index (κ3) is 5.30. The van der Waals surface area contributed by atoms with Crippen LogP contribution in [0.2, 0.25) is 0 Å². The lowest BCUT2D eigenvalue weighted by molar-refractivity contribution is 0.0942. The summed E-state index contributed by atoms with van der Waals surface area (Å²) in [5.41, 5.74) is 5.51. The maximum atomic E-state index is 13.2. The Hall–Kier alpha value is -3.50. The molecule has 2 fully saturated rings. The number of piperazine rings is 1. The fourth-order valence-electron chi connectivity index (χ4n) is 4.86. The molecule has 2 aliphatic rings. The number of carbonyl (C=O) groups excluding carboxylic acids is 2. The van der Waals surface area contributed by atoms with Gasteiger partial charge in [-0.1, -0.05) is 6.07 Å². The van der Waals surface area contributed by atoms with Crippen molar-refractivity contribution in [1.29, 1.82) is 0 Å². The summed E-state index contributed by atoms with van der Waals surface area (Å²) in [4.78, 5) is 35.1. The molecule has 1 aromatic carbocycles. The molecule has 1 aliphatic carbocycles. The van der Waals surface area contributed by atoms with Gasteiger partial charge < -0.3 is 20.9 Å². The van der Waals surface area contributed by atoms with E-state index >= 15 is 0 Å². The number of rotatable bonds is 8. The van der Waals surface area contributed by atoms with E-state index in [1.165, 1.54) is 6.33 Å². The zero-order valence-corrected chi connectivity index (χ0v) is 22.1. The third-order valence-electron chi connectivity index (χ3n) is 7.26. The fraction of sp³-hybridized carbons (Fsp3) is 0.481. The first-order valence-electron chi connectivity index (χ1n) is 13.1. The molecule has 196 valence electrons. The van der Waals surface area contributed by atoms with Gasteiger partial charge in [-0.05, 0) is 63.9 Å². The molecule has 2 aromatic heterocycles. The van der Waals surface area contributed by atoms with Gasteiger partial charge in [-0.15, -0.1) is 0 Å². The summed E-state index contributed by atoms with van der Waals surface area (Å²) in [5, 5.41) is 14.0. The van der Waals surface area contributed by atoms with Crippen LogP contribution >= 0.6 is 0 Å². The molecule has 5 rings (SSSR count). The average molecular weight is 505 g/mol. The molecule has 0 spiro atoms. The highest BCUT2D eigenvalue weighted by molar-refractivity contribution is 6.01. The van der Waals surface area contributed by atoms with Gasteiger partial charge >= 0.3 is 0 Å². The number of nitrogens with zero attached hydrogens (tertiary/aromatic N) is 5. The lowest BCUT2D eigenvalue weighted by Gasteiger charge is -2.32. The summed E-state index contributed by atoms with van der Waals surface area (Å²) < 4.78 is 1.85. The minimum Gasteiger partial charge on any atom is -0.352 e. The second kappa shape index (κ2) is 10.5. The standard InChI is InChI=1S/C27H36N8O2/c1-5-28-27(37)23-18(3)24-25(29-16-30-35(24)22(23)15-34-12-10-33(4)11-13-34)32-21-14-19(7-6-17(21)2)26(36)31-20-8-9-20/h6-7,14,16,20H,5,8-13,15H2,1-4H3,(H,28,37)(H,31,36)(H,29,30,32). The van der Waals surface area contributed by atoms with E-state index in [0.29, 0.717) is 36.1 Å². The predicted octanol–water partition coefficient (Wildman–Crippen LogP) is 2.48. The summed E-state index contributed by atoms with van der Waals surface area (Å²) in [5.74, 6) is 0.436. The van der Waals surface area contributed by atoms with Crippen LogP contribution in [-0.2, 0) is 6.54 Å². The molecular formula is C27H36N8O2. The highest BCUT2D eigenvalue weighted by Gasteiger charge is 2.27. The largest absolute Gasteiger partial charge is 0.352 e. The summed E-state index contributed by atoms with van der Waals surface area (Å²) in [7, 11) is 2.13. The van der Waals surface area contributed by atoms with Crippen LogP contribution in [0.15, 0.2) is 24.5 Å². The average Bonchev–Trinajstić information content (AvgIpc) is 3.65. The van der Waals surface area contributed by atoms with Gasteiger partial charge in [0.2, 0.25) is 0 Å². The van der Waals surface area contributed by atoms with Gasteiger partial charge in [0.15, 0.2) is 5.82 Å². The predicted molar refractivity (Wildman–Crippen MR) is 143 cm³/mol. The molecule has 1 aliphatic heterocycles. The first-order valence-corrected chi connectivity index (χ1v) is 13.1. The van der Waals surface area contributed by atoms with Gasteiger partial charge in [0, 0.05) is 56.6 Å². The topological polar surface area (TPSA) is 107 Å². The highest BCUT2D eigenvalue weighted by Crippen LogP contribution is 2.31. The molecule has 0 bridgehead atoms. The number of fused-ring (bicyclic) bond motifs is 1. The molecule has 1 saturated carbocycles. The van der Waals surface area contributed by atoms with Gasteiger partial charge in [-0.25, -0.2) is 9.50 Å². The molecule has 3 aromatic rings. The van der Waals surface area contributed by atoms with Crippen LogP contribution in [0.3, 0.4) is 0 Å². The number of likely N-dealkylation sites (N-methyl/N-ethyl adjacent to an activating group) is 1. The Morgan fingerprint density at radius 2 is 1.84 bits per heavy atom. The van der Waals surface area contributed by atoms with Crippen LogP contribution in [0.5, 0.6) is 0 Å². The zero-order chi connectivity index (χ0) is 26.1. The van der Waals surface area contributed by atoms with E-state index in [0.717, 1.165) is 67.0 Å². The number of hydrogen-bond donors (Lipinski definition) is 3. The van der Waals surface area contributed by atoms with E-state index < -0.39 is 0 Å². The van der Waals surface area contributed by atoms with E-state index in [9.17, 15) is 9.59 Å². The van der Waals surface area contributed by atoms with Crippen molar-refractivity contribution in [3.63, 3.8) is 0 Å². The third-order valence-corrected chi connectivity index (χ3v) is 7.26. The lowest BCUT2D eigenvalue weighted by Crippen LogP contribution is -2.44. The van der Waals surface area contributed by atoms with Crippen LogP contribution in [0, 0.1) is 13.8 Å². The van der Waals surface area contributed by atoms with E-state index in [-0.39, 0.29) is 11.8 Å². The highest BCUT2D eigenvalue weighted by atomic mass is 16.2. The van der Waals surface area contributed by atoms with Crippen molar-refractivity contribution in [2.24, 2.45) is 0 Å². The van der Waals surface area contributed by atoms with E-state index in [4.69, 9.17) is 0 Å². The number of aromatic nitrogens is 3. The summed E-state index contributed by atoms with van der Waals surface area (Å²) in [6, 6.07) is 5.94. The van der Waals surface area contributed by atoms with Crippen LogP contribution in [0.4, 0.5) is 11.5 Å². The van der Waals surface area contributed by atoms with Crippen molar-refractivity contribution in [2.45, 2.75) is 46.2 Å². The Morgan fingerprint density at radius 1 is 1.08 bits per heavy atom. The molecule has 0 atom stereocenters. The van der Waals surface area contributed by atoms with E-state index in [1.54, 1.807) is 0 Å². The molecule has 0 radical (unpaired) electrons. The lowest BCUT2D eigenvalue weighted by atomic mass is 10.1. The maximum Gasteiger partial charge on any atom is 0.253 e. The first-order chi connectivity index (χ1) is 17.9. The Balaban J connectivity index is 1.53. The van der Waals surface area contributed by atoms with Gasteiger partial charge in [0.1, 0.15) is 11.8 Å². The second-order valence-corrected chi connectivity index (χ2v) is 10.2. The van der Waals surface area contributed by atoms with Crippen molar-refractivity contribution in [1.82, 2.24) is 35.0 Å². The number of amides is 2. The van der Waals surface area contributed by atoms with Crippen molar-refractivity contribution in [2.75, 3.05) is 45.1 Å². The normalized spacial score (nSPS) is 16.6. The Kier molecular flexibility index (Phi) is 7.12. The molecule has 3 N–H and O–H groups in total. The van der Waals surface area contributed by atoms with E-state index in [1.807, 2.05) is 43.5 Å². The van der Waals surface area contributed by atoms with Crippen molar-refractivity contribution in [3.8, 4) is 0 Å². The van der Waals surface area contributed by atoms with Gasteiger partial charge in [0.05, 0.1) is 11.3 Å². The van der Waals surface area contributed by atoms with Crippen LogP contribution in [0.1, 0.15) is 57.3 Å². The molecular weight excluding hydrogens is 468 g/mol. The molecule has 1 saturated heterocycles. The van der Waals surface area contributed by atoms with Crippen LogP contribution in [-0.4, -0.2) is 82.0 Å². The van der Waals surface area contributed by atoms with E-state index in [2.05, 4.69) is 42.9 Å². The van der Waals surface area contributed by atoms with Crippen LogP contribution in [0.25, 0.3) is 5.52 Å². The minimum atomic E-state index is -0.101. The van der Waals surface area contributed by atoms with Gasteiger partial charge in [-0.2, -0.15) is 5.10 Å². The maximum absolute atomic E-state index is 13.2. The number of benzene rings is 1. The Bertz CT molecular complexity index is 1320. The smallest absolute Gasteiger partial charge is 0.253 e. The molecule has 37 heavy (non-hydrogen) atoms. The molecule has 0 unspecified atom stereocenters. The molecule has 10 heteroatoms. The number of hydrogen-bond acceptors (Lipinski definition) is 7. The van der Waals surface area contributed by atoms with Gasteiger partial charge in [0.25, 0.3) is 11.8 Å². The van der Waals surface area contributed by atoms with Crippen molar-refractivity contribution < 1.29 is 9.59 Å². The van der Waals surface area contributed by atoms with Crippen molar-refractivity contribution in [3.05, 3.63) is 52.5 Å². The SMILES string of the molecule is CCNC(=O)c1c(C)c2c(Nc3cc(C(=O)NC4CC4)ccc3C)ncnn2c1CN1CCN(C)CC1. The zero-order valence-electron chi connectivity index (χ0n) is 22.1. The number of nitrogens with one attached hydrogen (secondary N) is 3. The van der Waals surface area contributed by atoms with Gasteiger partial charge in [-0.3, -0.25) is 14.5 Å². The summed E-state index contributed by atoms with van der Waals surface area (Å²) in [6.45, 7) is 10.9. The Labute approximate surface area is 217 Å². The summed E-state index contributed by atoms with van der Waals surface area (Å²) >= 11 is 0. The quantitative estimate of drug-likeness (QED) is 0.433. The monoisotopic (exact) mass is 504 g/mol. The molecule has 10 nitrogen and oxygen atoms in total. The minimum absolute atomic E-state index is 0.0646. The number of carbonyl (C=O) groups is 2. The van der Waals surface area contributed by atoms with Crippen LogP contribution < -0.4 is 16.0 Å².